The lowest BCUT2D eigenvalue weighted by atomic mass is 10.1. The maximum absolute atomic E-state index is 12.5. The van der Waals surface area contributed by atoms with Gasteiger partial charge >= 0.3 is 11.9 Å². The van der Waals surface area contributed by atoms with Gasteiger partial charge in [0.2, 0.25) is 11.8 Å². The fourth-order valence-corrected chi connectivity index (χ4v) is 5.87. The van der Waals surface area contributed by atoms with E-state index in [1.807, 2.05) is 14.1 Å². The Morgan fingerprint density at radius 1 is 0.431 bits per heavy atom. The Morgan fingerprint density at radius 2 is 0.824 bits per heavy atom. The van der Waals surface area contributed by atoms with Crippen LogP contribution in [-0.2, 0) is 28.7 Å². The summed E-state index contributed by atoms with van der Waals surface area (Å²) >= 11 is 0. The monoisotopic (exact) mass is 725 g/mol. The second-order valence-corrected chi connectivity index (χ2v) is 14.5. The predicted octanol–water partition coefficient (Wildman–Crippen LogP) is 7.96. The number of ether oxygens (including phenoxy) is 2. The Morgan fingerprint density at radius 3 is 1.24 bits per heavy atom. The number of unbranched alkanes of at least 4 members (excludes halogenated alkanes) is 16. The topological polar surface area (TPSA) is 117 Å². The number of nitrogens with zero attached hydrogens (tertiary/aromatic N) is 2. The van der Waals surface area contributed by atoms with Crippen LogP contribution in [0.25, 0.3) is 0 Å². The number of esters is 2. The van der Waals surface area contributed by atoms with Crippen molar-refractivity contribution in [1.82, 2.24) is 20.4 Å². The third-order valence-corrected chi connectivity index (χ3v) is 9.17. The van der Waals surface area contributed by atoms with Gasteiger partial charge in [-0.15, -0.1) is 0 Å². The van der Waals surface area contributed by atoms with Gasteiger partial charge in [-0.25, -0.2) is 0 Å². The van der Waals surface area contributed by atoms with Gasteiger partial charge in [-0.2, -0.15) is 0 Å². The van der Waals surface area contributed by atoms with Crippen molar-refractivity contribution in [2.75, 3.05) is 66.6 Å². The minimum Gasteiger partial charge on any atom is -0.466 e. The lowest BCUT2D eigenvalue weighted by Crippen LogP contribution is -2.36. The van der Waals surface area contributed by atoms with Crippen LogP contribution in [0.3, 0.4) is 0 Å². The smallest absolute Gasteiger partial charge is 0.305 e. The zero-order valence-corrected chi connectivity index (χ0v) is 33.7. The Kier molecular flexibility index (Phi) is 35.9. The van der Waals surface area contributed by atoms with Crippen LogP contribution in [0.15, 0.2) is 0 Å². The Hall–Kier alpha value is -2.20. The molecule has 0 aliphatic carbocycles. The molecule has 0 aromatic heterocycles. The van der Waals surface area contributed by atoms with Gasteiger partial charge in [0, 0.05) is 51.9 Å². The minimum absolute atomic E-state index is 0.0212. The summed E-state index contributed by atoms with van der Waals surface area (Å²) in [7, 11) is 4.09. The molecule has 10 heteroatoms. The van der Waals surface area contributed by atoms with Crippen molar-refractivity contribution >= 4 is 23.8 Å². The summed E-state index contributed by atoms with van der Waals surface area (Å²) in [6, 6.07) is 0. The van der Waals surface area contributed by atoms with Gasteiger partial charge in [0.25, 0.3) is 0 Å². The summed E-state index contributed by atoms with van der Waals surface area (Å²) in [5.74, 6) is -0.187. The number of hydrogen-bond donors (Lipinski definition) is 2. The third kappa shape index (κ3) is 37.4. The molecule has 300 valence electrons. The first-order chi connectivity index (χ1) is 24.8. The SMILES string of the molecule is CCCCCCCCCOC(=O)CCCCCNC(=O)CCN(CCCN(C)C)CCC(=O)NCCCCCC(=O)OCCCCCCCCC. The lowest BCUT2D eigenvalue weighted by Gasteiger charge is -2.23. The van der Waals surface area contributed by atoms with Crippen LogP contribution in [-0.4, -0.2) is 100 Å². The number of hydrogen-bond acceptors (Lipinski definition) is 8. The molecule has 0 spiro atoms. The van der Waals surface area contributed by atoms with Crippen LogP contribution in [0.4, 0.5) is 0 Å². The van der Waals surface area contributed by atoms with E-state index in [-0.39, 0.29) is 23.8 Å². The molecule has 0 aliphatic heterocycles. The van der Waals surface area contributed by atoms with Crippen LogP contribution in [0.2, 0.25) is 0 Å². The highest BCUT2D eigenvalue weighted by Gasteiger charge is 2.12. The highest BCUT2D eigenvalue weighted by molar-refractivity contribution is 5.76. The maximum Gasteiger partial charge on any atom is 0.305 e. The van der Waals surface area contributed by atoms with Crippen LogP contribution in [0, 0.1) is 0 Å². The van der Waals surface area contributed by atoms with Crippen molar-refractivity contribution < 1.29 is 28.7 Å². The van der Waals surface area contributed by atoms with Crippen LogP contribution >= 0.6 is 0 Å². The molecule has 10 nitrogen and oxygen atoms in total. The van der Waals surface area contributed by atoms with Crippen LogP contribution in [0.5, 0.6) is 0 Å². The average Bonchev–Trinajstić information content (AvgIpc) is 3.10. The summed E-state index contributed by atoms with van der Waals surface area (Å²) in [5.41, 5.74) is 0. The number of amides is 2. The van der Waals surface area contributed by atoms with E-state index in [9.17, 15) is 19.2 Å². The van der Waals surface area contributed by atoms with Crippen molar-refractivity contribution in [2.24, 2.45) is 0 Å². The van der Waals surface area contributed by atoms with E-state index >= 15 is 0 Å². The van der Waals surface area contributed by atoms with E-state index in [0.29, 0.717) is 65.1 Å². The number of rotatable bonds is 38. The minimum atomic E-state index is -0.115. The second kappa shape index (κ2) is 37.6. The zero-order chi connectivity index (χ0) is 37.6. The summed E-state index contributed by atoms with van der Waals surface area (Å²) in [6.45, 7) is 9.73. The second-order valence-electron chi connectivity index (χ2n) is 14.5. The van der Waals surface area contributed by atoms with Crippen molar-refractivity contribution in [3.63, 3.8) is 0 Å². The summed E-state index contributed by atoms with van der Waals surface area (Å²) in [6.07, 6.45) is 24.5. The number of carbonyl (C=O) groups excluding carboxylic acids is 4. The average molecular weight is 725 g/mol. The molecule has 0 atom stereocenters. The van der Waals surface area contributed by atoms with Crippen LogP contribution in [0.1, 0.15) is 174 Å². The van der Waals surface area contributed by atoms with E-state index in [0.717, 1.165) is 83.7 Å². The Bertz CT molecular complexity index is 781. The maximum atomic E-state index is 12.5. The van der Waals surface area contributed by atoms with Gasteiger partial charge in [0.05, 0.1) is 13.2 Å². The molecule has 0 bridgehead atoms. The van der Waals surface area contributed by atoms with E-state index < -0.39 is 0 Å². The molecule has 2 amide bonds. The quantitative estimate of drug-likeness (QED) is 0.0487. The standard InChI is InChI=1S/C41H80N4O6/c1-5-7-9-11-13-15-23-36-50-40(48)26-19-17-21-30-42-38(46)28-34-45(33-25-32-44(3)4)35-29-39(47)43-31-22-18-20-27-41(49)51-37-24-16-14-12-10-8-6-2/h5-37H2,1-4H3,(H,42,46)(H,43,47). The molecule has 0 aliphatic rings. The fourth-order valence-electron chi connectivity index (χ4n) is 5.87. The van der Waals surface area contributed by atoms with Gasteiger partial charge in [0.1, 0.15) is 0 Å². The molecule has 0 heterocycles. The molecule has 0 fully saturated rings. The van der Waals surface area contributed by atoms with Crippen LogP contribution < -0.4 is 10.6 Å². The van der Waals surface area contributed by atoms with Gasteiger partial charge in [-0.05, 0) is 72.1 Å². The third-order valence-electron chi connectivity index (χ3n) is 9.17. The molecule has 0 saturated heterocycles. The summed E-state index contributed by atoms with van der Waals surface area (Å²) < 4.78 is 10.7. The van der Waals surface area contributed by atoms with Crippen molar-refractivity contribution in [3.8, 4) is 0 Å². The first-order valence-corrected chi connectivity index (χ1v) is 21.0. The zero-order valence-electron chi connectivity index (χ0n) is 33.7. The van der Waals surface area contributed by atoms with E-state index in [1.165, 1.54) is 64.2 Å². The van der Waals surface area contributed by atoms with Crippen molar-refractivity contribution in [3.05, 3.63) is 0 Å². The highest BCUT2D eigenvalue weighted by atomic mass is 16.5. The Balaban J connectivity index is 3.99. The first kappa shape index (κ1) is 48.8. The van der Waals surface area contributed by atoms with Gasteiger partial charge < -0.3 is 29.9 Å². The first-order valence-electron chi connectivity index (χ1n) is 21.0. The molecule has 2 N–H and O–H groups in total. The fraction of sp³-hybridized carbons (Fsp3) is 0.902. The molecular weight excluding hydrogens is 644 g/mol. The van der Waals surface area contributed by atoms with Crippen molar-refractivity contribution in [2.45, 2.75) is 174 Å². The largest absolute Gasteiger partial charge is 0.466 e. The molecule has 0 aromatic carbocycles. The van der Waals surface area contributed by atoms with E-state index in [2.05, 4.69) is 34.3 Å². The van der Waals surface area contributed by atoms with Gasteiger partial charge in [-0.1, -0.05) is 104 Å². The summed E-state index contributed by atoms with van der Waals surface area (Å²) in [4.78, 5) is 53.3. The summed E-state index contributed by atoms with van der Waals surface area (Å²) in [5, 5.41) is 6.02. The number of nitrogens with one attached hydrogen (secondary N) is 2. The molecule has 0 aromatic rings. The van der Waals surface area contributed by atoms with Gasteiger partial charge in [0.15, 0.2) is 0 Å². The molecular formula is C41H80N4O6. The van der Waals surface area contributed by atoms with E-state index in [4.69, 9.17) is 9.47 Å². The Labute approximate surface area is 313 Å². The molecule has 0 unspecified atom stereocenters. The van der Waals surface area contributed by atoms with E-state index in [1.54, 1.807) is 0 Å². The molecule has 0 saturated carbocycles. The normalized spacial score (nSPS) is 11.3. The molecule has 51 heavy (non-hydrogen) atoms. The molecule has 0 radical (unpaired) electrons. The highest BCUT2D eigenvalue weighted by Crippen LogP contribution is 2.09. The lowest BCUT2D eigenvalue weighted by molar-refractivity contribution is -0.144. The number of carbonyl (C=O) groups is 4. The predicted molar refractivity (Wildman–Crippen MR) is 210 cm³/mol. The van der Waals surface area contributed by atoms with Crippen molar-refractivity contribution in [1.29, 1.82) is 0 Å². The van der Waals surface area contributed by atoms with Gasteiger partial charge in [-0.3, -0.25) is 19.2 Å². The molecule has 0 rings (SSSR count).